The van der Waals surface area contributed by atoms with Gasteiger partial charge in [0.1, 0.15) is 0 Å². The number of rotatable bonds is 9. The van der Waals surface area contributed by atoms with E-state index in [1.807, 2.05) is 30.3 Å². The first-order valence-electron chi connectivity index (χ1n) is 9.18. The quantitative estimate of drug-likeness (QED) is 0.639. The number of anilines is 1. The first-order chi connectivity index (χ1) is 12.6. The van der Waals surface area contributed by atoms with Gasteiger partial charge in [0, 0.05) is 11.3 Å². The normalized spacial score (nSPS) is 10.6. The summed E-state index contributed by atoms with van der Waals surface area (Å²) < 4.78 is 0. The smallest absolute Gasteiger partial charge is 0.251 e. The Hall–Kier alpha value is -2.66. The van der Waals surface area contributed by atoms with Crippen molar-refractivity contribution in [2.75, 3.05) is 31.5 Å². The highest BCUT2D eigenvalue weighted by atomic mass is 16.2. The third kappa shape index (κ3) is 6.33. The number of likely N-dealkylation sites (N-methyl/N-ethyl adjacent to an activating group) is 1. The zero-order valence-electron chi connectivity index (χ0n) is 15.5. The van der Waals surface area contributed by atoms with Crippen molar-refractivity contribution in [1.82, 2.24) is 5.32 Å². The zero-order valence-corrected chi connectivity index (χ0v) is 15.5. The summed E-state index contributed by atoms with van der Waals surface area (Å²) in [5, 5.41) is 5.80. The third-order valence-corrected chi connectivity index (χ3v) is 4.40. The lowest BCUT2D eigenvalue weighted by Crippen LogP contribution is -3.12. The summed E-state index contributed by atoms with van der Waals surface area (Å²) in [4.78, 5) is 25.7. The second-order valence-corrected chi connectivity index (χ2v) is 6.25. The molecule has 0 saturated carbocycles. The van der Waals surface area contributed by atoms with Crippen LogP contribution in [0, 0.1) is 0 Å². The van der Waals surface area contributed by atoms with Gasteiger partial charge in [0.25, 0.3) is 5.91 Å². The van der Waals surface area contributed by atoms with Gasteiger partial charge in [-0.05, 0) is 43.7 Å². The monoisotopic (exact) mass is 354 g/mol. The highest BCUT2D eigenvalue weighted by molar-refractivity contribution is 5.96. The third-order valence-electron chi connectivity index (χ3n) is 4.40. The van der Waals surface area contributed by atoms with E-state index >= 15 is 0 Å². The van der Waals surface area contributed by atoms with Crippen LogP contribution in [-0.4, -0.2) is 38.0 Å². The molecule has 2 rings (SSSR count). The topological polar surface area (TPSA) is 62.6 Å². The number of hydrogen-bond acceptors (Lipinski definition) is 2. The van der Waals surface area contributed by atoms with E-state index in [1.165, 1.54) is 4.90 Å². The van der Waals surface area contributed by atoms with Gasteiger partial charge < -0.3 is 15.5 Å². The van der Waals surface area contributed by atoms with Gasteiger partial charge in [-0.3, -0.25) is 9.59 Å². The molecule has 0 aliphatic heterocycles. The largest absolute Gasteiger partial charge is 0.346 e. The van der Waals surface area contributed by atoms with Crippen molar-refractivity contribution in [3.05, 3.63) is 65.7 Å². The molecule has 0 spiro atoms. The standard InChI is InChI=1S/C21H27N3O2/c1-3-24(4-2)15-14-22-21(26)18-10-12-19(13-11-18)23-20(25)16-17-8-6-5-7-9-17/h5-13H,3-4,14-16H2,1-2H3,(H,22,26)(H,23,25)/p+1. The van der Waals surface area contributed by atoms with Crippen LogP contribution in [0.25, 0.3) is 0 Å². The van der Waals surface area contributed by atoms with E-state index < -0.39 is 0 Å². The van der Waals surface area contributed by atoms with Crippen LogP contribution >= 0.6 is 0 Å². The van der Waals surface area contributed by atoms with Crippen molar-refractivity contribution in [2.45, 2.75) is 20.3 Å². The van der Waals surface area contributed by atoms with Gasteiger partial charge in [0.15, 0.2) is 0 Å². The molecule has 0 saturated heterocycles. The van der Waals surface area contributed by atoms with E-state index in [-0.39, 0.29) is 11.8 Å². The van der Waals surface area contributed by atoms with E-state index in [9.17, 15) is 9.59 Å². The minimum absolute atomic E-state index is 0.0735. The van der Waals surface area contributed by atoms with E-state index in [1.54, 1.807) is 24.3 Å². The van der Waals surface area contributed by atoms with E-state index in [2.05, 4.69) is 24.5 Å². The predicted octanol–water partition coefficient (Wildman–Crippen LogP) is 1.52. The summed E-state index contributed by atoms with van der Waals surface area (Å²) in [6.45, 7) is 7.99. The molecule has 0 fully saturated rings. The fourth-order valence-electron chi connectivity index (χ4n) is 2.75. The molecule has 2 aromatic rings. The lowest BCUT2D eigenvalue weighted by Gasteiger charge is -2.15. The Morgan fingerprint density at radius 1 is 0.923 bits per heavy atom. The highest BCUT2D eigenvalue weighted by Gasteiger charge is 2.08. The van der Waals surface area contributed by atoms with E-state index in [4.69, 9.17) is 0 Å². The fraction of sp³-hybridized carbons (Fsp3) is 0.333. The second kappa shape index (κ2) is 10.4. The van der Waals surface area contributed by atoms with Crippen molar-refractivity contribution in [3.63, 3.8) is 0 Å². The summed E-state index contributed by atoms with van der Waals surface area (Å²) in [5.74, 6) is -0.158. The van der Waals surface area contributed by atoms with Gasteiger partial charge >= 0.3 is 0 Å². The fourth-order valence-corrected chi connectivity index (χ4v) is 2.75. The number of quaternary nitrogens is 1. The van der Waals surface area contributed by atoms with E-state index in [0.717, 1.165) is 25.2 Å². The Morgan fingerprint density at radius 3 is 2.19 bits per heavy atom. The van der Waals surface area contributed by atoms with Crippen LogP contribution in [0.5, 0.6) is 0 Å². The molecule has 5 heteroatoms. The van der Waals surface area contributed by atoms with Crippen molar-refractivity contribution < 1.29 is 14.5 Å². The van der Waals surface area contributed by atoms with Crippen LogP contribution in [0.15, 0.2) is 54.6 Å². The minimum atomic E-state index is -0.0845. The molecule has 0 aliphatic rings. The van der Waals surface area contributed by atoms with Gasteiger partial charge in [0.2, 0.25) is 5.91 Å². The summed E-state index contributed by atoms with van der Waals surface area (Å²) in [6.07, 6.45) is 0.330. The maximum Gasteiger partial charge on any atom is 0.251 e. The summed E-state index contributed by atoms with van der Waals surface area (Å²) in [6, 6.07) is 16.6. The average molecular weight is 354 g/mol. The maximum atomic E-state index is 12.2. The Kier molecular flexibility index (Phi) is 7.83. The molecule has 2 aromatic carbocycles. The second-order valence-electron chi connectivity index (χ2n) is 6.25. The molecular formula is C21H28N3O2+. The molecule has 5 nitrogen and oxygen atoms in total. The number of benzene rings is 2. The molecule has 2 amide bonds. The van der Waals surface area contributed by atoms with Gasteiger partial charge in [-0.1, -0.05) is 30.3 Å². The van der Waals surface area contributed by atoms with Crippen molar-refractivity contribution in [1.29, 1.82) is 0 Å². The van der Waals surface area contributed by atoms with Gasteiger partial charge in [-0.25, -0.2) is 0 Å². The number of hydrogen-bond donors (Lipinski definition) is 3. The van der Waals surface area contributed by atoms with Crippen molar-refractivity contribution in [2.24, 2.45) is 0 Å². The lowest BCUT2D eigenvalue weighted by molar-refractivity contribution is -0.895. The Labute approximate surface area is 155 Å². The van der Waals surface area contributed by atoms with Crippen molar-refractivity contribution >= 4 is 17.5 Å². The molecule has 3 N–H and O–H groups in total. The molecule has 0 heterocycles. The van der Waals surface area contributed by atoms with Crippen LogP contribution in [0.3, 0.4) is 0 Å². The van der Waals surface area contributed by atoms with Gasteiger partial charge in [-0.2, -0.15) is 0 Å². The lowest BCUT2D eigenvalue weighted by atomic mass is 10.1. The SMILES string of the molecule is CC[NH+](CC)CCNC(=O)c1ccc(NC(=O)Cc2ccccc2)cc1. The molecule has 138 valence electrons. The molecule has 0 radical (unpaired) electrons. The summed E-state index contributed by atoms with van der Waals surface area (Å²) in [5.41, 5.74) is 2.26. The van der Waals surface area contributed by atoms with Crippen molar-refractivity contribution in [3.8, 4) is 0 Å². The minimum Gasteiger partial charge on any atom is -0.346 e. The Morgan fingerprint density at radius 2 is 1.58 bits per heavy atom. The molecule has 26 heavy (non-hydrogen) atoms. The molecule has 0 atom stereocenters. The first-order valence-corrected chi connectivity index (χ1v) is 9.18. The van der Waals surface area contributed by atoms with Gasteiger partial charge in [0.05, 0.1) is 32.6 Å². The Bertz CT molecular complexity index is 695. The highest BCUT2D eigenvalue weighted by Crippen LogP contribution is 2.10. The van der Waals surface area contributed by atoms with Crippen LogP contribution < -0.4 is 15.5 Å². The number of amides is 2. The number of carbonyl (C=O) groups is 2. The number of nitrogens with one attached hydrogen (secondary N) is 3. The van der Waals surface area contributed by atoms with Gasteiger partial charge in [-0.15, -0.1) is 0 Å². The zero-order chi connectivity index (χ0) is 18.8. The molecular weight excluding hydrogens is 326 g/mol. The van der Waals surface area contributed by atoms with Crippen LogP contribution in [0.1, 0.15) is 29.8 Å². The predicted molar refractivity (Wildman–Crippen MR) is 104 cm³/mol. The molecule has 0 aliphatic carbocycles. The summed E-state index contributed by atoms with van der Waals surface area (Å²) in [7, 11) is 0. The Balaban J connectivity index is 1.81. The average Bonchev–Trinajstić information content (AvgIpc) is 2.66. The molecule has 0 unspecified atom stereocenters. The maximum absolute atomic E-state index is 12.2. The van der Waals surface area contributed by atoms with E-state index in [0.29, 0.717) is 24.2 Å². The van der Waals surface area contributed by atoms with Crippen LogP contribution in [0.4, 0.5) is 5.69 Å². The number of carbonyl (C=O) groups excluding carboxylic acids is 2. The first kappa shape index (κ1) is 19.7. The van der Waals surface area contributed by atoms with Crippen LogP contribution in [-0.2, 0) is 11.2 Å². The molecule has 0 aromatic heterocycles. The summed E-state index contributed by atoms with van der Waals surface area (Å²) >= 11 is 0. The molecule has 0 bridgehead atoms. The van der Waals surface area contributed by atoms with Crippen LogP contribution in [0.2, 0.25) is 0 Å².